The topological polar surface area (TPSA) is 63.0 Å². The van der Waals surface area contributed by atoms with E-state index in [1.807, 2.05) is 0 Å². The van der Waals surface area contributed by atoms with Crippen molar-refractivity contribution in [2.45, 2.75) is 82.3 Å². The molecule has 0 radical (unpaired) electrons. The second kappa shape index (κ2) is 11.9. The molecule has 8 nitrogen and oxygen atoms in total. The lowest BCUT2D eigenvalue weighted by Gasteiger charge is -2.37. The Bertz CT molecular complexity index is 612. The van der Waals surface area contributed by atoms with Gasteiger partial charge in [0, 0.05) is 26.5 Å². The van der Waals surface area contributed by atoms with E-state index in [-0.39, 0.29) is 42.5 Å². The van der Waals surface area contributed by atoms with Gasteiger partial charge in [-0.1, -0.05) is 0 Å². The van der Waals surface area contributed by atoms with Crippen LogP contribution in [0, 0.1) is 6.57 Å². The fourth-order valence-corrected chi connectivity index (χ4v) is 7.04. The summed E-state index contributed by atoms with van der Waals surface area (Å²) in [5.41, 5.74) is -0.482. The lowest BCUT2D eigenvalue weighted by Crippen LogP contribution is -2.37. The Morgan fingerprint density at radius 2 is 2.13 bits per heavy atom. The molecule has 0 aromatic heterocycles. The maximum atomic E-state index is 7.84. The van der Waals surface area contributed by atoms with Gasteiger partial charge in [-0.25, -0.2) is 11.2 Å². The van der Waals surface area contributed by atoms with Crippen LogP contribution in [-0.2, 0) is 28.0 Å². The highest BCUT2D eigenvalue weighted by Crippen LogP contribution is 2.48. The molecule has 3 saturated heterocycles. The van der Waals surface area contributed by atoms with Crippen molar-refractivity contribution in [3.05, 3.63) is 11.4 Å². The van der Waals surface area contributed by atoms with Crippen LogP contribution < -0.4 is 0 Å². The summed E-state index contributed by atoms with van der Waals surface area (Å²) in [6.07, 6.45) is 0.601. The minimum atomic E-state index is -1.30. The quantitative estimate of drug-likeness (QED) is 0.172. The van der Waals surface area contributed by atoms with Gasteiger partial charge in [-0.05, 0) is 34.6 Å². The van der Waals surface area contributed by atoms with E-state index in [9.17, 15) is 0 Å². The Hall–Kier alpha value is -0.0100. The van der Waals surface area contributed by atoms with Crippen LogP contribution in [0.15, 0.2) is 0 Å². The molecule has 0 saturated carbocycles. The average Bonchev–Trinajstić information content (AvgIpc) is 3.44. The summed E-state index contributed by atoms with van der Waals surface area (Å²) in [7, 11) is -1.30. The third-order valence-corrected chi connectivity index (χ3v) is 9.12. The van der Waals surface area contributed by atoms with Gasteiger partial charge in [-0.3, -0.25) is 0 Å². The Morgan fingerprint density at radius 3 is 2.77 bits per heavy atom. The molecule has 178 valence electrons. The van der Waals surface area contributed by atoms with E-state index >= 15 is 0 Å². The van der Waals surface area contributed by atoms with E-state index in [2.05, 4.69) is 37.2 Å². The minimum absolute atomic E-state index is 0.0574. The van der Waals surface area contributed by atoms with Gasteiger partial charge in [0.15, 0.2) is 0 Å². The Kier molecular flexibility index (Phi) is 9.27. The average molecular weight is 478 g/mol. The Labute approximate surface area is 193 Å². The Balaban J connectivity index is 1.49. The molecular formula is C21H37N2O6PS. The van der Waals surface area contributed by atoms with Crippen LogP contribution in [0.4, 0.5) is 0 Å². The molecule has 3 fully saturated rings. The van der Waals surface area contributed by atoms with E-state index in [1.54, 1.807) is 11.8 Å². The zero-order chi connectivity index (χ0) is 23.1. The molecular weight excluding hydrogens is 439 g/mol. The lowest BCUT2D eigenvalue weighted by molar-refractivity contribution is -0.0848. The lowest BCUT2D eigenvalue weighted by atomic mass is 10.1. The normalized spacial score (nSPS) is 34.1. The first-order valence-electron chi connectivity index (χ1n) is 11.7. The highest BCUT2D eigenvalue weighted by atomic mass is 32.2. The van der Waals surface area contributed by atoms with Gasteiger partial charge in [-0.2, -0.15) is 0 Å². The first-order chi connectivity index (χ1) is 15.4. The van der Waals surface area contributed by atoms with Crippen molar-refractivity contribution in [1.82, 2.24) is 4.67 Å². The van der Waals surface area contributed by atoms with Crippen molar-refractivity contribution in [2.24, 2.45) is 0 Å². The van der Waals surface area contributed by atoms with Crippen LogP contribution in [0.25, 0.3) is 4.85 Å². The number of hydrogen-bond donors (Lipinski definition) is 0. The molecule has 0 aromatic carbocycles. The van der Waals surface area contributed by atoms with Gasteiger partial charge in [0.1, 0.15) is 18.3 Å². The molecule has 0 spiro atoms. The van der Waals surface area contributed by atoms with Crippen LogP contribution >= 0.6 is 20.3 Å². The molecule has 0 aromatic rings. The molecule has 2 bridgehead atoms. The summed E-state index contributed by atoms with van der Waals surface area (Å²) in [5.74, 6) is 0.503. The SMILES string of the molecule is [2H]C[C@@]12CO[C@@H](CO1)[C@@H]2SCOC[C@H]1OCC[C@@H]1OP(OCC[N+]#[C-])N(C(C)C)C(C)C. The van der Waals surface area contributed by atoms with Crippen LogP contribution in [0.1, 0.15) is 42.4 Å². The van der Waals surface area contributed by atoms with Crippen LogP contribution in [0.2, 0.25) is 0 Å². The van der Waals surface area contributed by atoms with Gasteiger partial charge in [-0.15, -0.1) is 11.8 Å². The summed E-state index contributed by atoms with van der Waals surface area (Å²) >= 11 is 1.67. The number of hydrogen-bond acceptors (Lipinski definition) is 8. The molecule has 3 heterocycles. The zero-order valence-corrected chi connectivity index (χ0v) is 20.7. The molecule has 3 aliphatic rings. The summed E-state index contributed by atoms with van der Waals surface area (Å²) < 4.78 is 46.0. The monoisotopic (exact) mass is 477 g/mol. The summed E-state index contributed by atoms with van der Waals surface area (Å²) in [6.45, 7) is 18.6. The molecule has 0 amide bonds. The van der Waals surface area contributed by atoms with Gasteiger partial charge in [0.05, 0.1) is 43.2 Å². The molecule has 31 heavy (non-hydrogen) atoms. The number of ether oxygens (including phenoxy) is 4. The maximum absolute atomic E-state index is 7.84. The fourth-order valence-electron chi connectivity index (χ4n) is 4.12. The molecule has 6 atom stereocenters. The van der Waals surface area contributed by atoms with E-state index in [0.29, 0.717) is 45.5 Å². The maximum Gasteiger partial charge on any atom is 0.259 e. The standard InChI is InChI=1S/C21H37N2O6PS/c1-15(2)23(16(3)4)30(28-10-8-22-6)29-17-7-9-25-18(17)11-24-14-31-20-19-12-27-21(20,5)13-26-19/h15-20H,7-14H2,1-5H3/t17-,18+,19-,20-,21-,30?/m0/s1/i5D. The summed E-state index contributed by atoms with van der Waals surface area (Å²) in [5, 5.41) is 0.144. The van der Waals surface area contributed by atoms with Crippen molar-refractivity contribution in [2.75, 3.05) is 45.5 Å². The van der Waals surface area contributed by atoms with Crippen molar-refractivity contribution in [3.63, 3.8) is 0 Å². The second-order valence-electron chi connectivity index (χ2n) is 8.66. The number of thioether (sulfide) groups is 1. The molecule has 10 heteroatoms. The van der Waals surface area contributed by atoms with Crippen molar-refractivity contribution >= 4 is 20.3 Å². The fraction of sp³-hybridized carbons (Fsp3) is 0.952. The summed E-state index contributed by atoms with van der Waals surface area (Å²) in [6, 6.07) is 0.524. The smallest absolute Gasteiger partial charge is 0.259 e. The molecule has 1 unspecified atom stereocenters. The summed E-state index contributed by atoms with van der Waals surface area (Å²) in [4.78, 5) is 3.40. The van der Waals surface area contributed by atoms with Crippen molar-refractivity contribution in [3.8, 4) is 0 Å². The van der Waals surface area contributed by atoms with Crippen LogP contribution in [-0.4, -0.2) is 91.4 Å². The van der Waals surface area contributed by atoms with Crippen LogP contribution in [0.3, 0.4) is 0 Å². The van der Waals surface area contributed by atoms with Crippen LogP contribution in [0.5, 0.6) is 0 Å². The largest absolute Gasteiger partial charge is 0.373 e. The van der Waals surface area contributed by atoms with Gasteiger partial charge < -0.3 is 32.8 Å². The molecule has 0 aliphatic carbocycles. The highest BCUT2D eigenvalue weighted by Gasteiger charge is 2.53. The number of fused-ring (bicyclic) bond motifs is 2. The van der Waals surface area contributed by atoms with E-state index < -0.39 is 14.1 Å². The van der Waals surface area contributed by atoms with E-state index in [1.165, 1.54) is 0 Å². The van der Waals surface area contributed by atoms with Crippen molar-refractivity contribution in [1.29, 1.82) is 0 Å². The number of nitrogens with zero attached hydrogens (tertiary/aromatic N) is 2. The molecule has 3 aliphatic heterocycles. The molecule has 3 rings (SSSR count). The third kappa shape index (κ3) is 6.53. The minimum Gasteiger partial charge on any atom is -0.373 e. The van der Waals surface area contributed by atoms with Gasteiger partial charge >= 0.3 is 0 Å². The Morgan fingerprint density at radius 1 is 1.32 bits per heavy atom. The van der Waals surface area contributed by atoms with E-state index in [4.69, 9.17) is 35.9 Å². The van der Waals surface area contributed by atoms with Gasteiger partial charge in [0.2, 0.25) is 6.54 Å². The zero-order valence-electron chi connectivity index (χ0n) is 20.0. The highest BCUT2D eigenvalue weighted by molar-refractivity contribution is 7.99. The number of rotatable bonds is 13. The van der Waals surface area contributed by atoms with E-state index in [0.717, 1.165) is 6.42 Å². The molecule has 0 N–H and O–H groups in total. The van der Waals surface area contributed by atoms with Gasteiger partial charge in [0.25, 0.3) is 8.53 Å². The predicted molar refractivity (Wildman–Crippen MR) is 122 cm³/mol. The van der Waals surface area contributed by atoms with Crippen molar-refractivity contribution < 1.29 is 29.4 Å². The first kappa shape index (κ1) is 24.1. The third-order valence-electron chi connectivity index (χ3n) is 5.57. The first-order valence-corrected chi connectivity index (χ1v) is 13.2. The predicted octanol–water partition coefficient (Wildman–Crippen LogP) is 3.71. The second-order valence-corrected chi connectivity index (χ2v) is 11.1.